The van der Waals surface area contributed by atoms with Gasteiger partial charge in [-0.15, -0.1) is 0 Å². The lowest BCUT2D eigenvalue weighted by Gasteiger charge is -2.34. The fourth-order valence-electron chi connectivity index (χ4n) is 2.25. The van der Waals surface area contributed by atoms with E-state index in [-0.39, 0.29) is 0 Å². The molecule has 4 nitrogen and oxygen atoms in total. The van der Waals surface area contributed by atoms with Gasteiger partial charge in [-0.3, -0.25) is 10.4 Å². The van der Waals surface area contributed by atoms with Crippen molar-refractivity contribution < 1.29 is 0 Å². The predicted molar refractivity (Wildman–Crippen MR) is 77.2 cm³/mol. The Bertz CT molecular complexity index is 247. The van der Waals surface area contributed by atoms with Crippen LogP contribution in [0.1, 0.15) is 46.0 Å². The highest BCUT2D eigenvalue weighted by atomic mass is 32.2. The summed E-state index contributed by atoms with van der Waals surface area (Å²) in [4.78, 5) is 4.60. The first-order chi connectivity index (χ1) is 8.12. The molecular formula is C12H26N4S. The molecule has 4 N–H and O–H groups in total. The molecule has 0 atom stereocenters. The van der Waals surface area contributed by atoms with Gasteiger partial charge >= 0.3 is 0 Å². The zero-order valence-corrected chi connectivity index (χ0v) is 12.1. The molecule has 0 heterocycles. The van der Waals surface area contributed by atoms with E-state index in [0.717, 1.165) is 6.54 Å². The molecule has 0 aromatic rings. The van der Waals surface area contributed by atoms with Gasteiger partial charge in [-0.05, 0) is 32.9 Å². The molecule has 0 aliphatic heterocycles. The Morgan fingerprint density at radius 1 is 1.35 bits per heavy atom. The first kappa shape index (κ1) is 14.6. The summed E-state index contributed by atoms with van der Waals surface area (Å²) in [5.41, 5.74) is 2.64. The van der Waals surface area contributed by atoms with Gasteiger partial charge in [0.15, 0.2) is 0 Å². The zero-order valence-electron chi connectivity index (χ0n) is 11.3. The first-order valence-electron chi connectivity index (χ1n) is 6.44. The average molecular weight is 258 g/mol. The van der Waals surface area contributed by atoms with E-state index in [9.17, 15) is 0 Å². The highest BCUT2D eigenvalue weighted by molar-refractivity contribution is 8.00. The number of hydrogen-bond acceptors (Lipinski definition) is 3. The Morgan fingerprint density at radius 3 is 2.47 bits per heavy atom. The molecule has 1 aliphatic carbocycles. The predicted octanol–water partition coefficient (Wildman–Crippen LogP) is 1.87. The van der Waals surface area contributed by atoms with Crippen LogP contribution in [-0.4, -0.2) is 29.5 Å². The summed E-state index contributed by atoms with van der Waals surface area (Å²) in [7, 11) is 0. The molecule has 0 radical (unpaired) electrons. The van der Waals surface area contributed by atoms with Crippen LogP contribution in [0.2, 0.25) is 0 Å². The van der Waals surface area contributed by atoms with Gasteiger partial charge in [0.1, 0.15) is 0 Å². The van der Waals surface area contributed by atoms with Gasteiger partial charge in [-0.25, -0.2) is 5.84 Å². The van der Waals surface area contributed by atoms with Gasteiger partial charge in [-0.2, -0.15) is 11.8 Å². The third-order valence-electron chi connectivity index (χ3n) is 3.29. The van der Waals surface area contributed by atoms with Crippen LogP contribution >= 0.6 is 11.8 Å². The standard InChI is InChI=1S/C12H26N4S/c1-10(2)15-11(16-13)14-9-12(17-3)7-5-4-6-8-12/h10H,4-9,13H2,1-3H3,(H2,14,15,16). The largest absolute Gasteiger partial charge is 0.353 e. The van der Waals surface area contributed by atoms with Crippen molar-refractivity contribution in [1.29, 1.82) is 0 Å². The van der Waals surface area contributed by atoms with Gasteiger partial charge in [0.25, 0.3) is 0 Å². The summed E-state index contributed by atoms with van der Waals surface area (Å²) >= 11 is 1.96. The molecule has 1 fully saturated rings. The summed E-state index contributed by atoms with van der Waals surface area (Å²) < 4.78 is 0.332. The van der Waals surface area contributed by atoms with Crippen LogP contribution in [0.3, 0.4) is 0 Å². The van der Waals surface area contributed by atoms with Crippen LogP contribution in [0.25, 0.3) is 0 Å². The van der Waals surface area contributed by atoms with Crippen LogP contribution in [0.5, 0.6) is 0 Å². The minimum Gasteiger partial charge on any atom is -0.353 e. The number of nitrogens with zero attached hydrogens (tertiary/aromatic N) is 1. The molecule has 0 aromatic carbocycles. The summed E-state index contributed by atoms with van der Waals surface area (Å²) in [6, 6.07) is 0.349. The molecule has 0 saturated heterocycles. The lowest BCUT2D eigenvalue weighted by atomic mass is 9.88. The molecule has 17 heavy (non-hydrogen) atoms. The Labute approximate surface area is 109 Å². The number of aliphatic imine (C=N–C) groups is 1. The Morgan fingerprint density at radius 2 is 2.00 bits per heavy atom. The SMILES string of the molecule is CSC1(CN=C(NN)NC(C)C)CCCCC1. The van der Waals surface area contributed by atoms with Crippen molar-refractivity contribution in [3.05, 3.63) is 0 Å². The van der Waals surface area contributed by atoms with E-state index < -0.39 is 0 Å². The Balaban J connectivity index is 2.57. The fourth-order valence-corrected chi connectivity index (χ4v) is 3.14. The summed E-state index contributed by atoms with van der Waals surface area (Å²) in [5, 5.41) is 3.22. The average Bonchev–Trinajstić information content (AvgIpc) is 2.35. The molecule has 0 bridgehead atoms. The van der Waals surface area contributed by atoms with E-state index in [2.05, 4.69) is 35.8 Å². The molecule has 0 spiro atoms. The molecule has 0 aromatic heterocycles. The minimum atomic E-state index is 0.332. The van der Waals surface area contributed by atoms with Crippen LogP contribution in [0.15, 0.2) is 4.99 Å². The second-order valence-electron chi connectivity index (χ2n) is 5.06. The van der Waals surface area contributed by atoms with E-state index in [0.29, 0.717) is 16.7 Å². The topological polar surface area (TPSA) is 62.4 Å². The molecule has 1 rings (SSSR count). The van der Waals surface area contributed by atoms with Gasteiger partial charge in [0, 0.05) is 10.8 Å². The third-order valence-corrected chi connectivity index (χ3v) is 4.69. The smallest absolute Gasteiger partial charge is 0.205 e. The molecule has 1 aliphatic rings. The maximum absolute atomic E-state index is 5.47. The highest BCUT2D eigenvalue weighted by Gasteiger charge is 2.30. The number of hydrazine groups is 1. The number of nitrogens with two attached hydrogens (primary N) is 1. The van der Waals surface area contributed by atoms with Crippen LogP contribution in [0, 0.1) is 0 Å². The van der Waals surface area contributed by atoms with Gasteiger partial charge in [0.2, 0.25) is 5.96 Å². The quantitative estimate of drug-likeness (QED) is 0.312. The second kappa shape index (κ2) is 7.11. The molecule has 100 valence electrons. The van der Waals surface area contributed by atoms with Crippen molar-refractivity contribution in [3.63, 3.8) is 0 Å². The van der Waals surface area contributed by atoms with Crippen molar-refractivity contribution >= 4 is 17.7 Å². The van der Waals surface area contributed by atoms with Gasteiger partial charge in [0.05, 0.1) is 6.54 Å². The zero-order chi connectivity index (χ0) is 12.7. The number of nitrogens with one attached hydrogen (secondary N) is 2. The number of hydrogen-bond donors (Lipinski definition) is 3. The summed E-state index contributed by atoms with van der Waals surface area (Å²) in [6.45, 7) is 5.02. The first-order valence-corrected chi connectivity index (χ1v) is 7.67. The molecular weight excluding hydrogens is 232 g/mol. The Kier molecular flexibility index (Phi) is 6.12. The number of guanidine groups is 1. The molecule has 0 amide bonds. The summed E-state index contributed by atoms with van der Waals surface area (Å²) in [5.74, 6) is 6.18. The Hall–Kier alpha value is -0.420. The maximum atomic E-state index is 5.47. The minimum absolute atomic E-state index is 0.332. The van der Waals surface area contributed by atoms with E-state index in [1.165, 1.54) is 32.1 Å². The molecule has 1 saturated carbocycles. The van der Waals surface area contributed by atoms with E-state index in [1.807, 2.05) is 11.8 Å². The van der Waals surface area contributed by atoms with E-state index >= 15 is 0 Å². The third kappa shape index (κ3) is 4.76. The van der Waals surface area contributed by atoms with Crippen LogP contribution in [-0.2, 0) is 0 Å². The van der Waals surface area contributed by atoms with Crippen molar-refractivity contribution in [1.82, 2.24) is 10.7 Å². The van der Waals surface area contributed by atoms with Crippen molar-refractivity contribution in [2.24, 2.45) is 10.8 Å². The highest BCUT2D eigenvalue weighted by Crippen LogP contribution is 2.38. The number of rotatable bonds is 4. The van der Waals surface area contributed by atoms with Crippen LogP contribution in [0.4, 0.5) is 0 Å². The van der Waals surface area contributed by atoms with Crippen molar-refractivity contribution in [2.45, 2.75) is 56.7 Å². The second-order valence-corrected chi connectivity index (χ2v) is 6.33. The van der Waals surface area contributed by atoms with Crippen molar-refractivity contribution in [2.75, 3.05) is 12.8 Å². The maximum Gasteiger partial charge on any atom is 0.205 e. The lowest BCUT2D eigenvalue weighted by Crippen LogP contribution is -2.45. The fraction of sp³-hybridized carbons (Fsp3) is 0.917. The van der Waals surface area contributed by atoms with E-state index in [1.54, 1.807) is 0 Å². The summed E-state index contributed by atoms with van der Waals surface area (Å²) in [6.07, 6.45) is 8.79. The van der Waals surface area contributed by atoms with Crippen molar-refractivity contribution in [3.8, 4) is 0 Å². The van der Waals surface area contributed by atoms with Gasteiger partial charge < -0.3 is 5.32 Å². The number of thioether (sulfide) groups is 1. The molecule has 0 unspecified atom stereocenters. The van der Waals surface area contributed by atoms with Gasteiger partial charge in [-0.1, -0.05) is 19.3 Å². The monoisotopic (exact) mass is 258 g/mol. The van der Waals surface area contributed by atoms with Crippen LogP contribution < -0.4 is 16.6 Å². The molecule has 5 heteroatoms. The normalized spacial score (nSPS) is 20.4. The lowest BCUT2D eigenvalue weighted by molar-refractivity contribution is 0.404. The van der Waals surface area contributed by atoms with E-state index in [4.69, 9.17) is 5.84 Å².